The Morgan fingerprint density at radius 3 is 3.00 bits per heavy atom. The number of ether oxygens (including phenoxy) is 1. The van der Waals surface area contributed by atoms with E-state index in [9.17, 15) is 0 Å². The molecule has 0 aliphatic carbocycles. The van der Waals surface area contributed by atoms with E-state index in [2.05, 4.69) is 11.2 Å². The normalized spacial score (nSPS) is 23.7. The molecule has 1 saturated heterocycles. The Labute approximate surface area is 100 Å². The van der Waals surface area contributed by atoms with Crippen LogP contribution in [0.15, 0.2) is 35.5 Å². The molecule has 0 radical (unpaired) electrons. The molecule has 1 fully saturated rings. The van der Waals surface area contributed by atoms with Crippen LogP contribution in [0.4, 0.5) is 0 Å². The number of nitrogens with zero attached hydrogens (tertiary/aromatic N) is 2. The maximum absolute atomic E-state index is 8.84. The summed E-state index contributed by atoms with van der Waals surface area (Å²) < 4.78 is 5.21. The zero-order valence-corrected chi connectivity index (χ0v) is 9.45. The summed E-state index contributed by atoms with van der Waals surface area (Å²) in [6.07, 6.45) is 1.67. The van der Waals surface area contributed by atoms with Gasteiger partial charge < -0.3 is 9.57 Å². The molecule has 1 aromatic carbocycles. The summed E-state index contributed by atoms with van der Waals surface area (Å²) in [6, 6.07) is 12.0. The first-order chi connectivity index (χ1) is 8.40. The van der Waals surface area contributed by atoms with Crippen LogP contribution in [0, 0.1) is 23.2 Å². The minimum absolute atomic E-state index is 0.0516. The average Bonchev–Trinajstić information content (AvgIpc) is 2.83. The fraction of sp³-hybridized carbons (Fsp3) is 0.385. The molecule has 2 unspecified atom stereocenters. The minimum Gasteiger partial charge on any atom is -0.391 e. The van der Waals surface area contributed by atoms with E-state index in [1.54, 1.807) is 6.21 Å². The van der Waals surface area contributed by atoms with E-state index < -0.39 is 0 Å². The molecule has 4 nitrogen and oxygen atoms in total. The molecule has 1 aromatic rings. The van der Waals surface area contributed by atoms with Gasteiger partial charge in [-0.2, -0.15) is 5.26 Å². The van der Waals surface area contributed by atoms with Crippen molar-refractivity contribution in [2.24, 2.45) is 17.0 Å². The summed E-state index contributed by atoms with van der Waals surface area (Å²) in [6.45, 7) is 1.49. The van der Waals surface area contributed by atoms with Gasteiger partial charge in [-0.05, 0) is 5.56 Å². The number of oxime groups is 1. The van der Waals surface area contributed by atoms with Crippen molar-refractivity contribution in [3.05, 3.63) is 35.9 Å². The summed E-state index contributed by atoms with van der Waals surface area (Å²) >= 11 is 0. The van der Waals surface area contributed by atoms with Gasteiger partial charge in [-0.15, -0.1) is 0 Å². The van der Waals surface area contributed by atoms with Gasteiger partial charge in [0.05, 0.1) is 31.4 Å². The lowest BCUT2D eigenvalue weighted by Gasteiger charge is -2.03. The number of hydrogen-bond donors (Lipinski definition) is 0. The molecule has 88 valence electrons. The second-order valence-electron chi connectivity index (χ2n) is 3.95. The van der Waals surface area contributed by atoms with Gasteiger partial charge in [0.25, 0.3) is 0 Å². The van der Waals surface area contributed by atoms with Crippen LogP contribution >= 0.6 is 0 Å². The van der Waals surface area contributed by atoms with Crippen molar-refractivity contribution < 1.29 is 9.57 Å². The number of nitriles is 1. The van der Waals surface area contributed by atoms with Crippen molar-refractivity contribution in [3.63, 3.8) is 0 Å². The summed E-state index contributed by atoms with van der Waals surface area (Å²) in [5.74, 6) is -0.0464. The molecule has 0 N–H and O–H groups in total. The van der Waals surface area contributed by atoms with Crippen LogP contribution in [-0.2, 0) is 16.2 Å². The van der Waals surface area contributed by atoms with Gasteiger partial charge in [0.15, 0.2) is 0 Å². The van der Waals surface area contributed by atoms with Gasteiger partial charge in [0, 0.05) is 5.92 Å². The van der Waals surface area contributed by atoms with E-state index in [0.717, 1.165) is 5.56 Å². The summed E-state index contributed by atoms with van der Waals surface area (Å²) in [5.41, 5.74) is 1.07. The molecule has 2 rings (SSSR count). The number of hydrogen-bond acceptors (Lipinski definition) is 4. The van der Waals surface area contributed by atoms with Crippen LogP contribution in [0.25, 0.3) is 0 Å². The van der Waals surface area contributed by atoms with Crippen LogP contribution in [0.3, 0.4) is 0 Å². The topological polar surface area (TPSA) is 54.6 Å². The number of benzene rings is 1. The Balaban J connectivity index is 1.77. The zero-order valence-electron chi connectivity index (χ0n) is 9.45. The highest BCUT2D eigenvalue weighted by Crippen LogP contribution is 2.17. The predicted molar refractivity (Wildman–Crippen MR) is 63.1 cm³/mol. The molecule has 1 aliphatic heterocycles. The third kappa shape index (κ3) is 3.30. The van der Waals surface area contributed by atoms with Crippen LogP contribution in [-0.4, -0.2) is 19.4 Å². The van der Waals surface area contributed by atoms with Gasteiger partial charge in [-0.3, -0.25) is 0 Å². The van der Waals surface area contributed by atoms with Gasteiger partial charge >= 0.3 is 0 Å². The van der Waals surface area contributed by atoms with Crippen molar-refractivity contribution in [3.8, 4) is 6.07 Å². The third-order valence-corrected chi connectivity index (χ3v) is 2.69. The maximum atomic E-state index is 8.84. The standard InChI is InChI=1S/C13H14N2O2/c14-6-12-9-16-10-13(12)7-15-17-8-11-4-2-1-3-5-11/h1-5,7,12-13H,8-10H2/b15-7+. The van der Waals surface area contributed by atoms with Crippen molar-refractivity contribution >= 4 is 6.21 Å². The quantitative estimate of drug-likeness (QED) is 0.587. The van der Waals surface area contributed by atoms with E-state index >= 15 is 0 Å². The van der Waals surface area contributed by atoms with Crippen molar-refractivity contribution in [2.75, 3.05) is 13.2 Å². The smallest absolute Gasteiger partial charge is 0.142 e. The van der Waals surface area contributed by atoms with E-state index in [0.29, 0.717) is 19.8 Å². The van der Waals surface area contributed by atoms with Gasteiger partial charge in [-0.25, -0.2) is 0 Å². The van der Waals surface area contributed by atoms with E-state index in [-0.39, 0.29) is 11.8 Å². The summed E-state index contributed by atoms with van der Waals surface area (Å²) in [5, 5.41) is 12.7. The van der Waals surface area contributed by atoms with Crippen LogP contribution in [0.2, 0.25) is 0 Å². The fourth-order valence-corrected chi connectivity index (χ4v) is 1.66. The monoisotopic (exact) mass is 230 g/mol. The largest absolute Gasteiger partial charge is 0.391 e. The first kappa shape index (κ1) is 11.6. The Kier molecular flexibility index (Phi) is 4.11. The molecule has 1 heterocycles. The highest BCUT2D eigenvalue weighted by molar-refractivity contribution is 5.61. The second-order valence-corrected chi connectivity index (χ2v) is 3.95. The van der Waals surface area contributed by atoms with Crippen molar-refractivity contribution in [1.82, 2.24) is 0 Å². The minimum atomic E-state index is -0.0981. The molecular formula is C13H14N2O2. The van der Waals surface area contributed by atoms with Gasteiger partial charge in [0.1, 0.15) is 6.61 Å². The Bertz CT molecular complexity index is 411. The Hall–Kier alpha value is -1.86. The maximum Gasteiger partial charge on any atom is 0.142 e. The lowest BCUT2D eigenvalue weighted by atomic mass is 9.99. The molecule has 0 aromatic heterocycles. The second kappa shape index (κ2) is 6.02. The average molecular weight is 230 g/mol. The SMILES string of the molecule is N#CC1COCC1/C=N/OCc1ccccc1. The van der Waals surface area contributed by atoms with E-state index in [4.69, 9.17) is 14.8 Å². The van der Waals surface area contributed by atoms with Crippen LogP contribution < -0.4 is 0 Å². The van der Waals surface area contributed by atoms with E-state index in [1.807, 2.05) is 30.3 Å². The predicted octanol–water partition coefficient (Wildman–Crippen LogP) is 1.98. The molecule has 0 spiro atoms. The van der Waals surface area contributed by atoms with Crippen molar-refractivity contribution in [1.29, 1.82) is 5.26 Å². The molecule has 0 saturated carbocycles. The van der Waals surface area contributed by atoms with Crippen LogP contribution in [0.5, 0.6) is 0 Å². The lowest BCUT2D eigenvalue weighted by molar-refractivity contribution is 0.130. The summed E-state index contributed by atoms with van der Waals surface area (Å²) in [4.78, 5) is 5.18. The molecule has 4 heteroatoms. The van der Waals surface area contributed by atoms with Crippen molar-refractivity contribution in [2.45, 2.75) is 6.61 Å². The Morgan fingerprint density at radius 1 is 1.41 bits per heavy atom. The highest BCUT2D eigenvalue weighted by atomic mass is 16.6. The van der Waals surface area contributed by atoms with E-state index in [1.165, 1.54) is 0 Å². The number of rotatable bonds is 4. The first-order valence-corrected chi connectivity index (χ1v) is 5.57. The van der Waals surface area contributed by atoms with Gasteiger partial charge in [-0.1, -0.05) is 35.5 Å². The fourth-order valence-electron chi connectivity index (χ4n) is 1.66. The van der Waals surface area contributed by atoms with Gasteiger partial charge in [0.2, 0.25) is 0 Å². The molecule has 0 bridgehead atoms. The molecular weight excluding hydrogens is 216 g/mol. The highest BCUT2D eigenvalue weighted by Gasteiger charge is 2.26. The molecule has 1 aliphatic rings. The van der Waals surface area contributed by atoms with Crippen LogP contribution in [0.1, 0.15) is 5.56 Å². The third-order valence-electron chi connectivity index (χ3n) is 2.69. The first-order valence-electron chi connectivity index (χ1n) is 5.57. The molecule has 0 amide bonds. The lowest BCUT2D eigenvalue weighted by Crippen LogP contribution is -2.11. The zero-order chi connectivity index (χ0) is 11.9. The Morgan fingerprint density at radius 2 is 2.24 bits per heavy atom. The summed E-state index contributed by atoms with van der Waals surface area (Å²) in [7, 11) is 0. The molecule has 17 heavy (non-hydrogen) atoms. The molecule has 2 atom stereocenters.